The molecule has 70 valence electrons. The lowest BCUT2D eigenvalue weighted by Gasteiger charge is -2.35. The third-order valence-electron chi connectivity index (χ3n) is 2.56. The molecular formula is C8H17N3O. The van der Waals surface area contributed by atoms with Gasteiger partial charge in [-0.2, -0.15) is 0 Å². The molecule has 2 atom stereocenters. The Bertz CT molecular complexity index is 172. The van der Waals surface area contributed by atoms with E-state index in [0.717, 1.165) is 19.4 Å². The van der Waals surface area contributed by atoms with Crippen LogP contribution in [0.25, 0.3) is 0 Å². The average molecular weight is 171 g/mol. The van der Waals surface area contributed by atoms with E-state index in [2.05, 4.69) is 6.92 Å². The minimum absolute atomic E-state index is 0.125. The number of nitrogens with zero attached hydrogens (tertiary/aromatic N) is 1. The van der Waals surface area contributed by atoms with Gasteiger partial charge in [0, 0.05) is 19.0 Å². The molecule has 1 heterocycles. The number of aliphatic hydroxyl groups excluding tert-OH is 1. The highest BCUT2D eigenvalue weighted by Gasteiger charge is 2.26. The van der Waals surface area contributed by atoms with Crippen LogP contribution in [0, 0.1) is 11.3 Å². The largest absolute Gasteiger partial charge is 0.393 e. The quantitative estimate of drug-likeness (QED) is 0.383. The number of likely N-dealkylation sites (tertiary alicyclic amines) is 1. The Morgan fingerprint density at radius 1 is 1.75 bits per heavy atom. The summed E-state index contributed by atoms with van der Waals surface area (Å²) in [6.45, 7) is 3.50. The molecular weight excluding hydrogens is 154 g/mol. The summed E-state index contributed by atoms with van der Waals surface area (Å²) in [5.41, 5.74) is 5.36. The van der Waals surface area contributed by atoms with Crippen molar-refractivity contribution in [2.24, 2.45) is 11.7 Å². The predicted molar refractivity (Wildman–Crippen MR) is 47.9 cm³/mol. The number of piperidine rings is 1. The molecule has 0 amide bonds. The van der Waals surface area contributed by atoms with Crippen LogP contribution in [-0.2, 0) is 0 Å². The lowest BCUT2D eigenvalue weighted by molar-refractivity contribution is 0.0476. The highest BCUT2D eigenvalue weighted by atomic mass is 16.3. The molecule has 4 nitrogen and oxygen atoms in total. The third kappa shape index (κ3) is 1.88. The van der Waals surface area contributed by atoms with Gasteiger partial charge in [0.2, 0.25) is 0 Å². The van der Waals surface area contributed by atoms with Gasteiger partial charge in [-0.1, -0.05) is 6.92 Å². The summed E-state index contributed by atoms with van der Waals surface area (Å²) < 4.78 is 0. The lowest BCUT2D eigenvalue weighted by atomic mass is 9.93. The van der Waals surface area contributed by atoms with Gasteiger partial charge >= 0.3 is 0 Å². The molecule has 4 N–H and O–H groups in total. The molecule has 1 rings (SSSR count). The van der Waals surface area contributed by atoms with E-state index in [-0.39, 0.29) is 18.0 Å². The Hall–Kier alpha value is -0.770. The third-order valence-corrected chi connectivity index (χ3v) is 2.56. The Labute approximate surface area is 72.9 Å². The highest BCUT2D eigenvalue weighted by molar-refractivity contribution is 5.74. The van der Waals surface area contributed by atoms with E-state index < -0.39 is 0 Å². The van der Waals surface area contributed by atoms with Gasteiger partial charge in [-0.25, -0.2) is 0 Å². The summed E-state index contributed by atoms with van der Waals surface area (Å²) >= 11 is 0. The van der Waals surface area contributed by atoms with E-state index in [1.165, 1.54) is 0 Å². The fourth-order valence-electron chi connectivity index (χ4n) is 1.64. The zero-order valence-corrected chi connectivity index (χ0v) is 7.45. The van der Waals surface area contributed by atoms with E-state index in [0.29, 0.717) is 6.54 Å². The second-order valence-corrected chi connectivity index (χ2v) is 3.36. The first-order valence-corrected chi connectivity index (χ1v) is 4.42. The fourth-order valence-corrected chi connectivity index (χ4v) is 1.64. The topological polar surface area (TPSA) is 73.3 Å². The van der Waals surface area contributed by atoms with E-state index >= 15 is 0 Å². The first-order valence-electron chi connectivity index (χ1n) is 4.42. The number of aliphatic hydroxyl groups is 1. The van der Waals surface area contributed by atoms with Crippen LogP contribution in [0.15, 0.2) is 0 Å². The number of hydrogen-bond acceptors (Lipinski definition) is 2. The van der Waals surface area contributed by atoms with E-state index in [1.807, 2.05) is 4.90 Å². The van der Waals surface area contributed by atoms with Crippen LogP contribution < -0.4 is 5.73 Å². The van der Waals surface area contributed by atoms with Gasteiger partial charge in [0.25, 0.3) is 0 Å². The van der Waals surface area contributed by atoms with E-state index in [1.54, 1.807) is 0 Å². The average Bonchev–Trinajstić information content (AvgIpc) is 2.05. The zero-order valence-electron chi connectivity index (χ0n) is 7.45. The molecule has 1 aliphatic heterocycles. The highest BCUT2D eigenvalue weighted by Crippen LogP contribution is 2.19. The Kier molecular flexibility index (Phi) is 2.92. The summed E-state index contributed by atoms with van der Waals surface area (Å²) in [6, 6.07) is 0. The van der Waals surface area contributed by atoms with Crippen molar-refractivity contribution in [3.05, 3.63) is 0 Å². The van der Waals surface area contributed by atoms with Crippen LogP contribution in [0.5, 0.6) is 0 Å². The van der Waals surface area contributed by atoms with Gasteiger partial charge in [0.15, 0.2) is 5.96 Å². The molecule has 1 fully saturated rings. The van der Waals surface area contributed by atoms with Gasteiger partial charge < -0.3 is 15.7 Å². The molecule has 0 bridgehead atoms. The molecule has 0 saturated carbocycles. The van der Waals surface area contributed by atoms with Crippen molar-refractivity contribution < 1.29 is 5.11 Å². The minimum atomic E-state index is -0.203. The van der Waals surface area contributed by atoms with Crippen LogP contribution in [-0.4, -0.2) is 35.2 Å². The first kappa shape index (κ1) is 9.32. The Balaban J connectivity index is 2.49. The van der Waals surface area contributed by atoms with Crippen LogP contribution >= 0.6 is 0 Å². The first-order chi connectivity index (χ1) is 5.65. The summed E-state index contributed by atoms with van der Waals surface area (Å²) in [5, 5.41) is 16.8. The van der Waals surface area contributed by atoms with Gasteiger partial charge in [-0.3, -0.25) is 5.41 Å². The second kappa shape index (κ2) is 3.76. The van der Waals surface area contributed by atoms with Crippen molar-refractivity contribution >= 4 is 5.96 Å². The van der Waals surface area contributed by atoms with Crippen LogP contribution in [0.4, 0.5) is 0 Å². The predicted octanol–water partition coefficient (Wildman–Crippen LogP) is -0.0273. The fraction of sp³-hybridized carbons (Fsp3) is 0.875. The van der Waals surface area contributed by atoms with Crippen LogP contribution in [0.1, 0.15) is 19.8 Å². The van der Waals surface area contributed by atoms with Gasteiger partial charge in [-0.05, 0) is 12.8 Å². The molecule has 1 aliphatic rings. The maximum Gasteiger partial charge on any atom is 0.188 e. The van der Waals surface area contributed by atoms with E-state index in [4.69, 9.17) is 11.1 Å². The van der Waals surface area contributed by atoms with Gasteiger partial charge in [0.1, 0.15) is 0 Å². The Morgan fingerprint density at radius 2 is 2.42 bits per heavy atom. The normalized spacial score (nSPS) is 30.3. The summed E-state index contributed by atoms with van der Waals surface area (Å²) in [4.78, 5) is 1.82. The lowest BCUT2D eigenvalue weighted by Crippen LogP contribution is -2.48. The maximum absolute atomic E-state index is 9.53. The molecule has 0 aromatic heterocycles. The van der Waals surface area contributed by atoms with Gasteiger partial charge in [0.05, 0.1) is 6.10 Å². The second-order valence-electron chi connectivity index (χ2n) is 3.36. The summed E-state index contributed by atoms with van der Waals surface area (Å²) in [5.74, 6) is 0.406. The minimum Gasteiger partial charge on any atom is -0.393 e. The number of nitrogens with two attached hydrogens (primary N) is 1. The van der Waals surface area contributed by atoms with Crippen molar-refractivity contribution in [1.29, 1.82) is 5.41 Å². The standard InChI is InChI=1S/C8H17N3O/c1-2-6-5-11(8(9)10)4-3-7(6)12/h6-7,12H,2-5H2,1H3,(H3,9,10). The van der Waals surface area contributed by atoms with Crippen molar-refractivity contribution in [3.63, 3.8) is 0 Å². The van der Waals surface area contributed by atoms with Crippen molar-refractivity contribution in [2.45, 2.75) is 25.9 Å². The molecule has 4 heteroatoms. The molecule has 2 unspecified atom stereocenters. The SMILES string of the molecule is CCC1CN(C(=N)N)CCC1O. The molecule has 12 heavy (non-hydrogen) atoms. The maximum atomic E-state index is 9.53. The molecule has 0 spiro atoms. The van der Waals surface area contributed by atoms with Crippen molar-refractivity contribution in [2.75, 3.05) is 13.1 Å². The van der Waals surface area contributed by atoms with E-state index in [9.17, 15) is 5.11 Å². The molecule has 0 radical (unpaired) electrons. The van der Waals surface area contributed by atoms with Crippen molar-refractivity contribution in [1.82, 2.24) is 4.90 Å². The van der Waals surface area contributed by atoms with Crippen LogP contribution in [0.2, 0.25) is 0 Å². The number of nitrogens with one attached hydrogen (secondary N) is 1. The molecule has 0 aliphatic carbocycles. The Morgan fingerprint density at radius 3 is 2.92 bits per heavy atom. The number of rotatable bonds is 1. The monoisotopic (exact) mass is 171 g/mol. The molecule has 0 aromatic carbocycles. The number of hydrogen-bond donors (Lipinski definition) is 3. The smallest absolute Gasteiger partial charge is 0.188 e. The summed E-state index contributed by atoms with van der Waals surface area (Å²) in [7, 11) is 0. The van der Waals surface area contributed by atoms with Gasteiger partial charge in [-0.15, -0.1) is 0 Å². The zero-order chi connectivity index (χ0) is 9.14. The number of guanidine groups is 1. The summed E-state index contributed by atoms with van der Waals surface area (Å²) in [6.07, 6.45) is 1.48. The van der Waals surface area contributed by atoms with Crippen molar-refractivity contribution in [3.8, 4) is 0 Å². The molecule has 1 saturated heterocycles. The molecule has 0 aromatic rings. The van der Waals surface area contributed by atoms with Crippen LogP contribution in [0.3, 0.4) is 0 Å².